The molecule has 218 valence electrons. The van der Waals surface area contributed by atoms with E-state index in [0.29, 0.717) is 27.4 Å². The minimum Gasteiger partial charge on any atom is -0.508 e. The van der Waals surface area contributed by atoms with Gasteiger partial charge in [0.2, 0.25) is 0 Å². The summed E-state index contributed by atoms with van der Waals surface area (Å²) in [6.07, 6.45) is 2.10. The second-order valence-corrected chi connectivity index (χ2v) is 12.2. The minimum absolute atomic E-state index is 0.0865. The number of phenols is 1. The standard InChI is InChI=1S/C33H28ClN3O6/c1-17-7-10-20(11-8-17)35-36-30(40)25-16-23-21(12-13-22-27(23)31(41)37(43)29(22)39)28(24-15-19(34)9-14-26(24)38)33(25,32(36)42)18-5-3-2-4-6-18/h2-12,14-15,22-23,25,27-28,35,38,43H,13,16H2,1H3/t22-,23+,25-,27-,28+,33+/m0/s1. The maximum atomic E-state index is 14.9. The number of hydrogen-bond donors (Lipinski definition) is 3. The van der Waals surface area contributed by atoms with Gasteiger partial charge in [-0.3, -0.25) is 29.8 Å². The van der Waals surface area contributed by atoms with E-state index >= 15 is 0 Å². The second kappa shape index (κ2) is 9.79. The number of carbonyl (C=O) groups is 4. The van der Waals surface area contributed by atoms with Crippen LogP contribution in [0.5, 0.6) is 5.75 Å². The van der Waals surface area contributed by atoms with Crippen molar-refractivity contribution < 1.29 is 29.5 Å². The Morgan fingerprint density at radius 2 is 1.63 bits per heavy atom. The molecule has 3 aromatic rings. The number of nitrogens with one attached hydrogen (secondary N) is 1. The van der Waals surface area contributed by atoms with Gasteiger partial charge in [0.1, 0.15) is 5.75 Å². The molecule has 2 aliphatic carbocycles. The molecule has 2 saturated heterocycles. The molecule has 2 aliphatic heterocycles. The predicted octanol–water partition coefficient (Wildman–Crippen LogP) is 4.73. The number of nitrogens with zero attached hydrogens (tertiary/aromatic N) is 2. The summed E-state index contributed by atoms with van der Waals surface area (Å²) in [5.41, 5.74) is 4.64. The Morgan fingerprint density at radius 1 is 0.907 bits per heavy atom. The maximum absolute atomic E-state index is 14.9. The van der Waals surface area contributed by atoms with Crippen molar-refractivity contribution in [3.63, 3.8) is 0 Å². The number of amides is 4. The number of benzene rings is 3. The van der Waals surface area contributed by atoms with Gasteiger partial charge in [-0.2, -0.15) is 10.1 Å². The van der Waals surface area contributed by atoms with Crippen LogP contribution in [0.4, 0.5) is 5.69 Å². The van der Waals surface area contributed by atoms with E-state index in [2.05, 4.69) is 5.43 Å². The molecule has 9 nitrogen and oxygen atoms in total. The molecule has 0 aromatic heterocycles. The lowest BCUT2D eigenvalue weighted by Gasteiger charge is -2.50. The van der Waals surface area contributed by atoms with Crippen molar-refractivity contribution >= 4 is 40.9 Å². The van der Waals surface area contributed by atoms with Gasteiger partial charge < -0.3 is 5.11 Å². The fourth-order valence-electron chi connectivity index (χ4n) is 7.83. The SMILES string of the molecule is Cc1ccc(NN2C(=O)[C@@H]3C[C@@H]4C(=CC[C@@H]5C(=O)N(O)C(=O)[C@@H]54)[C@H](c4cc(Cl)ccc4O)[C@]3(c3ccccc3)C2=O)cc1. The van der Waals surface area contributed by atoms with Crippen LogP contribution in [0.2, 0.25) is 5.02 Å². The summed E-state index contributed by atoms with van der Waals surface area (Å²) < 4.78 is 0. The monoisotopic (exact) mass is 597 g/mol. The third-order valence-electron chi connectivity index (χ3n) is 9.67. The smallest absolute Gasteiger partial charge is 0.260 e. The zero-order chi connectivity index (χ0) is 30.2. The Kier molecular flexibility index (Phi) is 6.23. The number of carbonyl (C=O) groups excluding carboxylic acids is 4. The van der Waals surface area contributed by atoms with E-state index in [1.807, 2.05) is 31.2 Å². The summed E-state index contributed by atoms with van der Waals surface area (Å²) in [5.74, 6) is -6.71. The van der Waals surface area contributed by atoms with Crippen LogP contribution in [-0.2, 0) is 24.6 Å². The summed E-state index contributed by atoms with van der Waals surface area (Å²) in [4.78, 5) is 55.4. The largest absolute Gasteiger partial charge is 0.508 e. The number of fused-ring (bicyclic) bond motifs is 4. The Morgan fingerprint density at radius 3 is 2.35 bits per heavy atom. The van der Waals surface area contributed by atoms with Gasteiger partial charge in [-0.1, -0.05) is 71.3 Å². The Bertz CT molecular complexity index is 1720. The Balaban J connectivity index is 1.48. The normalized spacial score (nSPS) is 29.7. The lowest BCUT2D eigenvalue weighted by atomic mass is 9.49. The fraction of sp³-hybridized carbons (Fsp3) is 0.273. The molecular weight excluding hydrogens is 570 g/mol. The first kappa shape index (κ1) is 27.4. The lowest BCUT2D eigenvalue weighted by molar-refractivity contribution is -0.173. The highest BCUT2D eigenvalue weighted by Crippen LogP contribution is 2.64. The highest BCUT2D eigenvalue weighted by atomic mass is 35.5. The van der Waals surface area contributed by atoms with Crippen molar-refractivity contribution in [2.75, 3.05) is 5.43 Å². The van der Waals surface area contributed by atoms with E-state index in [9.17, 15) is 29.5 Å². The Hall–Kier alpha value is -4.47. The molecule has 4 amide bonds. The fourth-order valence-corrected chi connectivity index (χ4v) is 8.01. The molecule has 4 aliphatic rings. The van der Waals surface area contributed by atoms with Crippen LogP contribution in [0.15, 0.2) is 84.4 Å². The van der Waals surface area contributed by atoms with Gasteiger partial charge in [0.05, 0.1) is 28.9 Å². The van der Waals surface area contributed by atoms with Crippen LogP contribution in [0.1, 0.15) is 35.4 Å². The van der Waals surface area contributed by atoms with E-state index in [-0.39, 0.29) is 23.7 Å². The number of aromatic hydroxyl groups is 1. The summed E-state index contributed by atoms with van der Waals surface area (Å²) in [6.45, 7) is 1.93. The zero-order valence-electron chi connectivity index (χ0n) is 23.1. The maximum Gasteiger partial charge on any atom is 0.260 e. The number of imide groups is 2. The van der Waals surface area contributed by atoms with Crippen LogP contribution in [0.25, 0.3) is 0 Å². The molecule has 3 fully saturated rings. The molecule has 7 rings (SSSR count). The molecule has 0 bridgehead atoms. The van der Waals surface area contributed by atoms with E-state index in [0.717, 1.165) is 10.6 Å². The minimum atomic E-state index is -1.52. The van der Waals surface area contributed by atoms with Gasteiger partial charge in [0.15, 0.2) is 0 Å². The lowest BCUT2D eigenvalue weighted by Crippen LogP contribution is -2.53. The number of halogens is 1. The molecule has 1 saturated carbocycles. The number of aryl methyl sites for hydroxylation is 1. The Labute approximate surface area is 252 Å². The van der Waals surface area contributed by atoms with Gasteiger partial charge >= 0.3 is 0 Å². The predicted molar refractivity (Wildman–Crippen MR) is 156 cm³/mol. The first-order chi connectivity index (χ1) is 20.6. The number of rotatable bonds is 4. The molecule has 3 N–H and O–H groups in total. The molecular formula is C33H28ClN3O6. The highest BCUT2D eigenvalue weighted by Gasteiger charge is 2.70. The molecule has 0 radical (unpaired) electrons. The highest BCUT2D eigenvalue weighted by molar-refractivity contribution is 6.30. The molecule has 0 unspecified atom stereocenters. The number of allylic oxidation sites excluding steroid dienone is 2. The number of anilines is 1. The van der Waals surface area contributed by atoms with Gasteiger partial charge in [0, 0.05) is 16.5 Å². The second-order valence-electron chi connectivity index (χ2n) is 11.8. The van der Waals surface area contributed by atoms with E-state index in [1.54, 1.807) is 42.5 Å². The first-order valence-corrected chi connectivity index (χ1v) is 14.5. The molecule has 6 atom stereocenters. The van der Waals surface area contributed by atoms with Crippen LogP contribution in [-0.4, -0.2) is 44.0 Å². The van der Waals surface area contributed by atoms with Crippen molar-refractivity contribution in [1.82, 2.24) is 10.1 Å². The van der Waals surface area contributed by atoms with Crippen LogP contribution in [0.3, 0.4) is 0 Å². The third-order valence-corrected chi connectivity index (χ3v) is 9.91. The van der Waals surface area contributed by atoms with Gasteiger partial charge in [-0.25, -0.2) is 0 Å². The first-order valence-electron chi connectivity index (χ1n) is 14.2. The van der Waals surface area contributed by atoms with Crippen molar-refractivity contribution in [3.8, 4) is 5.75 Å². The summed E-state index contributed by atoms with van der Waals surface area (Å²) in [6, 6.07) is 20.9. The summed E-state index contributed by atoms with van der Waals surface area (Å²) in [5, 5.41) is 23.1. The summed E-state index contributed by atoms with van der Waals surface area (Å²) in [7, 11) is 0. The van der Waals surface area contributed by atoms with E-state index in [4.69, 9.17) is 11.6 Å². The third kappa shape index (κ3) is 3.81. The molecule has 2 heterocycles. The average Bonchev–Trinajstić information content (AvgIpc) is 3.36. The molecule has 0 spiro atoms. The van der Waals surface area contributed by atoms with E-state index in [1.165, 1.54) is 12.1 Å². The average molecular weight is 598 g/mol. The number of phenolic OH excluding ortho intramolecular Hbond substituents is 1. The topological polar surface area (TPSA) is 127 Å². The summed E-state index contributed by atoms with van der Waals surface area (Å²) >= 11 is 6.47. The van der Waals surface area contributed by atoms with Crippen LogP contribution >= 0.6 is 11.6 Å². The van der Waals surface area contributed by atoms with Gasteiger partial charge in [0.25, 0.3) is 23.6 Å². The number of hydrazine groups is 1. The molecule has 3 aromatic carbocycles. The quantitative estimate of drug-likeness (QED) is 0.225. The van der Waals surface area contributed by atoms with Gasteiger partial charge in [-0.05, 0) is 61.6 Å². The van der Waals surface area contributed by atoms with Crippen molar-refractivity contribution in [1.29, 1.82) is 0 Å². The number of hydrogen-bond acceptors (Lipinski definition) is 7. The van der Waals surface area contributed by atoms with Crippen molar-refractivity contribution in [2.45, 2.75) is 31.1 Å². The van der Waals surface area contributed by atoms with E-state index < -0.39 is 58.6 Å². The van der Waals surface area contributed by atoms with Crippen molar-refractivity contribution in [2.24, 2.45) is 23.7 Å². The van der Waals surface area contributed by atoms with Crippen LogP contribution in [0, 0.1) is 30.6 Å². The molecule has 43 heavy (non-hydrogen) atoms. The van der Waals surface area contributed by atoms with Gasteiger partial charge in [-0.15, -0.1) is 0 Å². The van der Waals surface area contributed by atoms with Crippen molar-refractivity contribution in [3.05, 3.63) is 106 Å². The van der Waals surface area contributed by atoms with Crippen LogP contribution < -0.4 is 5.43 Å². The zero-order valence-corrected chi connectivity index (χ0v) is 23.9. The number of hydroxylamine groups is 2. The molecule has 10 heteroatoms.